The molecule has 0 heterocycles. The van der Waals surface area contributed by atoms with Crippen molar-refractivity contribution in [1.82, 2.24) is 4.31 Å². The maximum Gasteiger partial charge on any atom is 0.247 e. The van der Waals surface area contributed by atoms with Crippen LogP contribution in [-0.4, -0.2) is 38.3 Å². The van der Waals surface area contributed by atoms with Crippen LogP contribution in [0.3, 0.4) is 0 Å². The Bertz CT molecular complexity index is 646. The first-order valence-electron chi connectivity index (χ1n) is 6.04. The first-order valence-corrected chi connectivity index (χ1v) is 8.27. The van der Waals surface area contributed by atoms with E-state index < -0.39 is 28.5 Å². The molecule has 9 heteroatoms. The number of anilines is 1. The van der Waals surface area contributed by atoms with Crippen molar-refractivity contribution in [2.45, 2.75) is 24.8 Å². The molecule has 1 amide bonds. The minimum atomic E-state index is -3.97. The lowest BCUT2D eigenvalue weighted by Gasteiger charge is -2.25. The highest BCUT2D eigenvalue weighted by Gasteiger charge is 2.31. The molecule has 0 fully saturated rings. The van der Waals surface area contributed by atoms with Gasteiger partial charge >= 0.3 is 0 Å². The summed E-state index contributed by atoms with van der Waals surface area (Å²) < 4.78 is 32.1. The highest BCUT2D eigenvalue weighted by Crippen LogP contribution is 2.34. The average molecular weight is 380 g/mol. The number of nitrogen functional groups attached to an aromatic ring is 1. The van der Waals surface area contributed by atoms with E-state index in [0.717, 1.165) is 4.31 Å². The lowest BCUT2D eigenvalue weighted by atomic mass is 10.3. The number of rotatable bonds is 6. The van der Waals surface area contributed by atoms with Crippen LogP contribution in [0.5, 0.6) is 5.75 Å². The molecular formula is C12H18BrN3O4S. The zero-order valence-electron chi connectivity index (χ0n) is 12.0. The van der Waals surface area contributed by atoms with Gasteiger partial charge in [0.25, 0.3) is 0 Å². The van der Waals surface area contributed by atoms with Crippen molar-refractivity contribution in [2.24, 2.45) is 5.73 Å². The Kier molecular flexibility index (Phi) is 5.60. The van der Waals surface area contributed by atoms with Gasteiger partial charge in [0.15, 0.2) is 0 Å². The van der Waals surface area contributed by atoms with Gasteiger partial charge in [-0.1, -0.05) is 0 Å². The third-order valence-electron chi connectivity index (χ3n) is 2.76. The van der Waals surface area contributed by atoms with Crippen molar-refractivity contribution in [2.75, 3.05) is 19.4 Å². The van der Waals surface area contributed by atoms with Gasteiger partial charge in [-0.3, -0.25) is 4.79 Å². The molecule has 0 saturated heterocycles. The lowest BCUT2D eigenvalue weighted by molar-refractivity contribution is -0.118. The standard InChI is InChI=1S/C12H18BrN3O4S/c1-7(2)16(6-12(15)17)21(18,19)11-5-9(14)8(13)4-10(11)20-3/h4-5,7H,6,14H2,1-3H3,(H2,15,17). The van der Waals surface area contributed by atoms with E-state index in [-0.39, 0.29) is 16.3 Å². The van der Waals surface area contributed by atoms with Crippen LogP contribution >= 0.6 is 15.9 Å². The largest absolute Gasteiger partial charge is 0.495 e. The zero-order chi connectivity index (χ0) is 16.4. The van der Waals surface area contributed by atoms with Crippen LogP contribution in [0.25, 0.3) is 0 Å². The lowest BCUT2D eigenvalue weighted by Crippen LogP contribution is -2.42. The van der Waals surface area contributed by atoms with E-state index in [1.807, 2.05) is 0 Å². The quantitative estimate of drug-likeness (QED) is 0.712. The fourth-order valence-corrected chi connectivity index (χ4v) is 3.84. The third-order valence-corrected chi connectivity index (χ3v) is 5.49. The number of hydrogen-bond donors (Lipinski definition) is 2. The van der Waals surface area contributed by atoms with Gasteiger partial charge in [-0.25, -0.2) is 8.42 Å². The zero-order valence-corrected chi connectivity index (χ0v) is 14.4. The first kappa shape index (κ1) is 17.7. The van der Waals surface area contributed by atoms with Crippen LogP contribution in [0, 0.1) is 0 Å². The van der Waals surface area contributed by atoms with Gasteiger partial charge < -0.3 is 16.2 Å². The summed E-state index contributed by atoms with van der Waals surface area (Å²) in [4.78, 5) is 11.0. The van der Waals surface area contributed by atoms with Crippen LogP contribution in [0.4, 0.5) is 5.69 Å². The molecule has 0 aromatic heterocycles. The van der Waals surface area contributed by atoms with Crippen molar-refractivity contribution in [1.29, 1.82) is 0 Å². The molecule has 7 nitrogen and oxygen atoms in total. The van der Waals surface area contributed by atoms with E-state index in [0.29, 0.717) is 4.47 Å². The Labute approximate surface area is 132 Å². The second-order valence-electron chi connectivity index (χ2n) is 4.63. The Hall–Kier alpha value is -1.32. The predicted molar refractivity (Wildman–Crippen MR) is 83.3 cm³/mol. The summed E-state index contributed by atoms with van der Waals surface area (Å²) >= 11 is 3.21. The fraction of sp³-hybridized carbons (Fsp3) is 0.417. The van der Waals surface area contributed by atoms with E-state index in [1.165, 1.54) is 19.2 Å². The normalized spacial score (nSPS) is 11.9. The summed E-state index contributed by atoms with van der Waals surface area (Å²) in [6, 6.07) is 2.30. The van der Waals surface area contributed by atoms with Gasteiger partial charge in [0, 0.05) is 16.2 Å². The molecule has 0 spiro atoms. The van der Waals surface area contributed by atoms with Crippen molar-refractivity contribution in [3.05, 3.63) is 16.6 Å². The van der Waals surface area contributed by atoms with Crippen molar-refractivity contribution in [3.63, 3.8) is 0 Å². The monoisotopic (exact) mass is 379 g/mol. The first-order chi connectivity index (χ1) is 9.61. The summed E-state index contributed by atoms with van der Waals surface area (Å²) in [6.45, 7) is 2.88. The Morgan fingerprint density at radius 3 is 2.43 bits per heavy atom. The van der Waals surface area contributed by atoms with Gasteiger partial charge in [0.1, 0.15) is 10.6 Å². The number of ether oxygens (including phenoxy) is 1. The number of primary amides is 1. The number of nitrogens with zero attached hydrogens (tertiary/aromatic N) is 1. The number of halogens is 1. The van der Waals surface area contributed by atoms with Crippen molar-refractivity contribution in [3.8, 4) is 5.75 Å². The van der Waals surface area contributed by atoms with Crippen LogP contribution in [0.2, 0.25) is 0 Å². The van der Waals surface area contributed by atoms with Gasteiger partial charge in [0.05, 0.1) is 13.7 Å². The van der Waals surface area contributed by atoms with E-state index in [2.05, 4.69) is 15.9 Å². The SMILES string of the molecule is COc1cc(Br)c(N)cc1S(=O)(=O)N(CC(N)=O)C(C)C. The highest BCUT2D eigenvalue weighted by molar-refractivity contribution is 9.10. The second kappa shape index (κ2) is 6.63. The molecule has 1 rings (SSSR count). The van der Waals surface area contributed by atoms with Crippen LogP contribution < -0.4 is 16.2 Å². The summed E-state index contributed by atoms with van der Waals surface area (Å²) in [5, 5.41) is 0. The Balaban J connectivity index is 3.47. The summed E-state index contributed by atoms with van der Waals surface area (Å²) in [5.74, 6) is -0.609. The van der Waals surface area contributed by atoms with E-state index in [9.17, 15) is 13.2 Å². The van der Waals surface area contributed by atoms with Crippen LogP contribution in [0.1, 0.15) is 13.8 Å². The number of carbonyl (C=O) groups excluding carboxylic acids is 1. The minimum Gasteiger partial charge on any atom is -0.495 e. The number of benzene rings is 1. The topological polar surface area (TPSA) is 116 Å². The van der Waals surface area contributed by atoms with Crippen LogP contribution in [-0.2, 0) is 14.8 Å². The van der Waals surface area contributed by atoms with Crippen molar-refractivity contribution < 1.29 is 17.9 Å². The minimum absolute atomic E-state index is 0.111. The molecule has 0 aliphatic rings. The van der Waals surface area contributed by atoms with Gasteiger partial charge in [-0.05, 0) is 41.9 Å². The molecule has 0 saturated carbocycles. The highest BCUT2D eigenvalue weighted by atomic mass is 79.9. The smallest absolute Gasteiger partial charge is 0.247 e. The summed E-state index contributed by atoms with van der Waals surface area (Å²) in [7, 11) is -2.62. The van der Waals surface area contributed by atoms with Crippen molar-refractivity contribution >= 4 is 37.5 Å². The average Bonchev–Trinajstić information content (AvgIpc) is 2.37. The summed E-state index contributed by atoms with van der Waals surface area (Å²) in [6.07, 6.45) is 0. The Morgan fingerprint density at radius 2 is 2.00 bits per heavy atom. The molecule has 118 valence electrons. The molecule has 0 radical (unpaired) electrons. The molecule has 4 N–H and O–H groups in total. The molecule has 0 aliphatic carbocycles. The number of methoxy groups -OCH3 is 1. The van der Waals surface area contributed by atoms with Gasteiger partial charge in [-0.2, -0.15) is 4.31 Å². The van der Waals surface area contributed by atoms with Crippen LogP contribution in [0.15, 0.2) is 21.5 Å². The number of amides is 1. The number of carbonyl (C=O) groups is 1. The second-order valence-corrected chi connectivity index (χ2v) is 7.35. The molecule has 0 unspecified atom stereocenters. The molecule has 0 atom stereocenters. The molecule has 1 aromatic carbocycles. The predicted octanol–water partition coefficient (Wildman–Crippen LogP) is 0.924. The van der Waals surface area contributed by atoms with Gasteiger partial charge in [-0.15, -0.1) is 0 Å². The maximum atomic E-state index is 12.7. The fourth-order valence-electron chi connectivity index (χ4n) is 1.74. The summed E-state index contributed by atoms with van der Waals surface area (Å²) in [5.41, 5.74) is 11.1. The number of hydrogen-bond acceptors (Lipinski definition) is 5. The Morgan fingerprint density at radius 1 is 1.43 bits per heavy atom. The maximum absolute atomic E-state index is 12.7. The number of sulfonamides is 1. The number of nitrogens with two attached hydrogens (primary N) is 2. The van der Waals surface area contributed by atoms with E-state index in [1.54, 1.807) is 13.8 Å². The molecule has 0 aliphatic heterocycles. The molecular weight excluding hydrogens is 362 g/mol. The molecule has 1 aromatic rings. The van der Waals surface area contributed by atoms with E-state index >= 15 is 0 Å². The third kappa shape index (κ3) is 3.86. The molecule has 0 bridgehead atoms. The molecule has 21 heavy (non-hydrogen) atoms. The van der Waals surface area contributed by atoms with Gasteiger partial charge in [0.2, 0.25) is 15.9 Å². The van der Waals surface area contributed by atoms with E-state index in [4.69, 9.17) is 16.2 Å².